The molecule has 1 saturated carbocycles. The van der Waals surface area contributed by atoms with Gasteiger partial charge in [-0.3, -0.25) is 4.79 Å². The molecule has 1 fully saturated rings. The Morgan fingerprint density at radius 1 is 1.24 bits per heavy atom. The fourth-order valence-corrected chi connectivity index (χ4v) is 3.39. The van der Waals surface area contributed by atoms with Crippen LogP contribution in [0.1, 0.15) is 45.7 Å². The molecule has 0 spiro atoms. The molecule has 114 valence electrons. The molecule has 21 heavy (non-hydrogen) atoms. The predicted molar refractivity (Wildman–Crippen MR) is 90.4 cm³/mol. The number of carboxylic acid groups (broad SMARTS) is 1. The van der Waals surface area contributed by atoms with Gasteiger partial charge in [0.2, 0.25) is 0 Å². The molecule has 0 aromatic heterocycles. The lowest BCUT2D eigenvalue weighted by molar-refractivity contribution is -0.139. The zero-order chi connectivity index (χ0) is 16.0. The molecule has 1 aromatic rings. The molecule has 3 heteroatoms. The van der Waals surface area contributed by atoms with Crippen molar-refractivity contribution in [3.63, 3.8) is 0 Å². The van der Waals surface area contributed by atoms with Gasteiger partial charge in [0, 0.05) is 4.48 Å². The molecular formula is C18H23BrO2. The molecule has 2 nitrogen and oxygen atoms in total. The molecule has 0 amide bonds. The molecule has 1 N–H and O–H groups in total. The molecule has 0 saturated heterocycles. The van der Waals surface area contributed by atoms with Gasteiger partial charge >= 0.3 is 5.97 Å². The Morgan fingerprint density at radius 2 is 1.76 bits per heavy atom. The average molecular weight is 351 g/mol. The van der Waals surface area contributed by atoms with E-state index < -0.39 is 5.97 Å². The predicted octanol–water partition coefficient (Wildman–Crippen LogP) is 5.08. The maximum absolute atomic E-state index is 11.2. The number of benzene rings is 1. The molecule has 0 radical (unpaired) electrons. The van der Waals surface area contributed by atoms with E-state index in [0.717, 1.165) is 10.0 Å². The number of aliphatic carboxylic acids is 1. The zero-order valence-electron chi connectivity index (χ0n) is 13.3. The van der Waals surface area contributed by atoms with Crippen LogP contribution in [0.15, 0.2) is 30.3 Å². The second-order valence-corrected chi connectivity index (χ2v) is 8.36. The van der Waals surface area contributed by atoms with E-state index in [4.69, 9.17) is 0 Å². The van der Waals surface area contributed by atoms with Crippen molar-refractivity contribution in [1.29, 1.82) is 0 Å². The summed E-state index contributed by atoms with van der Waals surface area (Å²) < 4.78 is 0.977. The van der Waals surface area contributed by atoms with Gasteiger partial charge in [-0.05, 0) is 27.9 Å². The third-order valence-corrected chi connectivity index (χ3v) is 5.25. The van der Waals surface area contributed by atoms with Crippen LogP contribution in [0.25, 0.3) is 4.48 Å². The van der Waals surface area contributed by atoms with E-state index >= 15 is 0 Å². The van der Waals surface area contributed by atoms with Gasteiger partial charge in [-0.15, -0.1) is 0 Å². The third-order valence-electron chi connectivity index (χ3n) is 4.53. The van der Waals surface area contributed by atoms with Crippen LogP contribution in [0.2, 0.25) is 0 Å². The average Bonchev–Trinajstić information content (AvgIpc) is 2.90. The smallest absolute Gasteiger partial charge is 0.307 e. The van der Waals surface area contributed by atoms with Gasteiger partial charge in [0.15, 0.2) is 0 Å². The van der Waals surface area contributed by atoms with Gasteiger partial charge in [0.1, 0.15) is 0 Å². The molecule has 2 unspecified atom stereocenters. The molecule has 1 aromatic carbocycles. The fourth-order valence-electron chi connectivity index (χ4n) is 2.84. The first-order chi connectivity index (χ1) is 9.55. The Morgan fingerprint density at radius 3 is 2.14 bits per heavy atom. The van der Waals surface area contributed by atoms with Crippen LogP contribution in [-0.4, -0.2) is 11.1 Å². The molecule has 0 heterocycles. The summed E-state index contributed by atoms with van der Waals surface area (Å²) in [5, 5.41) is 9.22. The molecule has 1 aliphatic rings. The largest absolute Gasteiger partial charge is 0.481 e. The topological polar surface area (TPSA) is 37.3 Å². The zero-order valence-corrected chi connectivity index (χ0v) is 14.9. The van der Waals surface area contributed by atoms with Crippen LogP contribution >= 0.6 is 15.9 Å². The minimum atomic E-state index is -0.704. The highest BCUT2D eigenvalue weighted by atomic mass is 79.9. The van der Waals surface area contributed by atoms with Gasteiger partial charge < -0.3 is 5.11 Å². The molecular weight excluding hydrogens is 328 g/mol. The minimum absolute atomic E-state index is 0.0895. The van der Waals surface area contributed by atoms with Crippen LogP contribution < -0.4 is 0 Å². The van der Waals surface area contributed by atoms with Crippen molar-refractivity contribution in [1.82, 2.24) is 0 Å². The standard InChI is InChI=1S/C18H23BrO2/c1-17(2,3)12-8-6-11(7-9-12)14(19)10-13-15(16(20)21)18(13,4)5/h6-10,13,15H,1-5H3,(H,20,21)/b14-10-. The summed E-state index contributed by atoms with van der Waals surface area (Å²) in [5.41, 5.74) is 2.37. The number of halogens is 1. The van der Waals surface area contributed by atoms with Crippen LogP contribution in [0.5, 0.6) is 0 Å². The maximum Gasteiger partial charge on any atom is 0.307 e. The first-order valence-electron chi connectivity index (χ1n) is 7.26. The van der Waals surface area contributed by atoms with E-state index in [1.807, 2.05) is 19.9 Å². The van der Waals surface area contributed by atoms with Crippen molar-refractivity contribution in [2.45, 2.75) is 40.0 Å². The van der Waals surface area contributed by atoms with Gasteiger partial charge in [-0.2, -0.15) is 0 Å². The highest BCUT2D eigenvalue weighted by Crippen LogP contribution is 2.60. The van der Waals surface area contributed by atoms with E-state index in [1.54, 1.807) is 0 Å². The van der Waals surface area contributed by atoms with Crippen molar-refractivity contribution in [2.75, 3.05) is 0 Å². The van der Waals surface area contributed by atoms with Gasteiger partial charge in [0.05, 0.1) is 5.92 Å². The van der Waals surface area contributed by atoms with Crippen LogP contribution in [0, 0.1) is 17.3 Å². The summed E-state index contributed by atoms with van der Waals surface area (Å²) >= 11 is 3.60. The van der Waals surface area contributed by atoms with E-state index in [0.29, 0.717) is 0 Å². The maximum atomic E-state index is 11.2. The summed E-state index contributed by atoms with van der Waals surface area (Å²) in [6.45, 7) is 10.6. The summed E-state index contributed by atoms with van der Waals surface area (Å²) in [7, 11) is 0. The Hall–Kier alpha value is -1.09. The molecule has 0 bridgehead atoms. The van der Waals surface area contributed by atoms with Gasteiger partial charge in [0.25, 0.3) is 0 Å². The molecule has 1 aliphatic carbocycles. The number of carboxylic acids is 1. The Kier molecular flexibility index (Phi) is 4.09. The third kappa shape index (κ3) is 3.23. The van der Waals surface area contributed by atoms with Crippen LogP contribution in [0.4, 0.5) is 0 Å². The summed E-state index contributed by atoms with van der Waals surface area (Å²) in [4.78, 5) is 11.2. The number of rotatable bonds is 3. The van der Waals surface area contributed by atoms with Crippen LogP contribution in [0.3, 0.4) is 0 Å². The van der Waals surface area contributed by atoms with E-state index in [9.17, 15) is 9.90 Å². The fraction of sp³-hybridized carbons (Fsp3) is 0.500. The monoisotopic (exact) mass is 350 g/mol. The van der Waals surface area contributed by atoms with E-state index in [-0.39, 0.29) is 22.7 Å². The van der Waals surface area contributed by atoms with E-state index in [2.05, 4.69) is 61.0 Å². The SMILES string of the molecule is CC(C)(C)c1ccc(/C(Br)=C/C2C(C(=O)O)C2(C)C)cc1. The minimum Gasteiger partial charge on any atom is -0.481 e. The second kappa shape index (κ2) is 5.28. The number of allylic oxidation sites excluding steroid dienone is 1. The first-order valence-corrected chi connectivity index (χ1v) is 8.05. The highest BCUT2D eigenvalue weighted by molar-refractivity contribution is 9.15. The van der Waals surface area contributed by atoms with Crippen LogP contribution in [-0.2, 0) is 10.2 Å². The lowest BCUT2D eigenvalue weighted by Gasteiger charge is -2.19. The van der Waals surface area contributed by atoms with E-state index in [1.165, 1.54) is 5.56 Å². The summed E-state index contributed by atoms with van der Waals surface area (Å²) in [5.74, 6) is -0.893. The van der Waals surface area contributed by atoms with Crippen molar-refractivity contribution in [3.05, 3.63) is 41.5 Å². The normalized spacial score (nSPS) is 24.8. The van der Waals surface area contributed by atoms with Crippen molar-refractivity contribution in [3.8, 4) is 0 Å². The second-order valence-electron chi connectivity index (χ2n) is 7.51. The number of hydrogen-bond donors (Lipinski definition) is 1. The van der Waals surface area contributed by atoms with Gasteiger partial charge in [-0.25, -0.2) is 0 Å². The quantitative estimate of drug-likeness (QED) is 0.825. The summed E-state index contributed by atoms with van der Waals surface area (Å²) in [6, 6.07) is 8.45. The van der Waals surface area contributed by atoms with Gasteiger partial charge in [-0.1, -0.05) is 80.9 Å². The molecule has 0 aliphatic heterocycles. The van der Waals surface area contributed by atoms with Crippen molar-refractivity contribution < 1.29 is 9.90 Å². The summed E-state index contributed by atoms with van der Waals surface area (Å²) in [6.07, 6.45) is 2.05. The highest BCUT2D eigenvalue weighted by Gasteiger charge is 2.60. The lowest BCUT2D eigenvalue weighted by Crippen LogP contribution is -2.10. The van der Waals surface area contributed by atoms with Crippen molar-refractivity contribution >= 4 is 26.4 Å². The number of hydrogen-bond acceptors (Lipinski definition) is 1. The Labute approximate surface area is 135 Å². The Balaban J connectivity index is 2.20. The van der Waals surface area contributed by atoms with Crippen molar-refractivity contribution in [2.24, 2.45) is 17.3 Å². The first kappa shape index (κ1) is 16.3. The molecule has 2 atom stereocenters. The molecule has 2 rings (SSSR count). The Bertz CT molecular complexity index is 576. The number of carbonyl (C=O) groups is 1. The lowest BCUT2D eigenvalue weighted by atomic mass is 9.87.